The monoisotopic (exact) mass is 439 g/mol. The van der Waals surface area contributed by atoms with Gasteiger partial charge in [-0.2, -0.15) is 9.47 Å². The fourth-order valence-electron chi connectivity index (χ4n) is 3.30. The van der Waals surface area contributed by atoms with Crippen LogP contribution >= 0.6 is 11.5 Å². The van der Waals surface area contributed by atoms with E-state index in [9.17, 15) is 9.59 Å². The average molecular weight is 440 g/mol. The first-order valence-corrected chi connectivity index (χ1v) is 11.0. The van der Waals surface area contributed by atoms with Crippen molar-refractivity contribution >= 4 is 29.0 Å². The highest BCUT2D eigenvalue weighted by atomic mass is 32.1. The van der Waals surface area contributed by atoms with Gasteiger partial charge >= 0.3 is 0 Å². The fraction of sp³-hybridized carbons (Fsp3) is 0.391. The number of primary amides is 1. The maximum absolute atomic E-state index is 12.5. The van der Waals surface area contributed by atoms with Gasteiger partial charge in [-0.05, 0) is 37.0 Å². The van der Waals surface area contributed by atoms with E-state index in [2.05, 4.69) is 30.2 Å². The molecule has 1 aromatic carbocycles. The number of ketones is 1. The summed E-state index contributed by atoms with van der Waals surface area (Å²) in [4.78, 5) is 25.5. The number of hydrogen-bond acceptors (Lipinski definition) is 6. The third-order valence-corrected chi connectivity index (χ3v) is 5.80. The molecule has 0 radical (unpaired) electrons. The van der Waals surface area contributed by atoms with Gasteiger partial charge in [-0.25, -0.2) is 4.68 Å². The van der Waals surface area contributed by atoms with Gasteiger partial charge < -0.3 is 11.5 Å². The summed E-state index contributed by atoms with van der Waals surface area (Å²) in [6.07, 6.45) is 0.699. The summed E-state index contributed by atoms with van der Waals surface area (Å²) < 4.78 is 6.06. The first-order valence-electron chi connectivity index (χ1n) is 10.2. The van der Waals surface area contributed by atoms with Gasteiger partial charge in [0.1, 0.15) is 22.9 Å². The Balaban J connectivity index is 1.75. The van der Waals surface area contributed by atoms with Crippen molar-refractivity contribution in [3.05, 3.63) is 52.0 Å². The molecule has 164 valence electrons. The van der Waals surface area contributed by atoms with Crippen molar-refractivity contribution in [2.24, 2.45) is 5.73 Å². The number of rotatable bonds is 7. The molecular formula is C23H29N5O2S. The number of hydrogen-bond donors (Lipinski definition) is 2. The maximum atomic E-state index is 12.5. The third-order valence-electron chi connectivity index (χ3n) is 5.01. The number of anilines is 1. The van der Waals surface area contributed by atoms with E-state index in [1.54, 1.807) is 4.68 Å². The molecule has 8 heteroatoms. The van der Waals surface area contributed by atoms with Gasteiger partial charge in [0.2, 0.25) is 0 Å². The Morgan fingerprint density at radius 3 is 2.29 bits per heavy atom. The molecule has 2 heterocycles. The fourth-order valence-corrected chi connectivity index (χ4v) is 4.23. The van der Waals surface area contributed by atoms with Crippen LogP contribution in [0.4, 0.5) is 5.82 Å². The van der Waals surface area contributed by atoms with Crippen molar-refractivity contribution in [3.8, 4) is 11.3 Å². The van der Waals surface area contributed by atoms with Crippen molar-refractivity contribution < 1.29 is 9.59 Å². The molecule has 0 spiro atoms. The molecule has 0 saturated heterocycles. The van der Waals surface area contributed by atoms with E-state index < -0.39 is 5.91 Å². The zero-order chi connectivity index (χ0) is 22.9. The van der Waals surface area contributed by atoms with Crippen LogP contribution in [0.2, 0.25) is 0 Å². The highest BCUT2D eigenvalue weighted by Gasteiger charge is 2.23. The summed E-state index contributed by atoms with van der Waals surface area (Å²) >= 11 is 1.39. The normalized spacial score (nSPS) is 11.8. The first kappa shape index (κ1) is 22.7. The Morgan fingerprint density at radius 2 is 1.77 bits per heavy atom. The van der Waals surface area contributed by atoms with E-state index in [1.165, 1.54) is 11.5 Å². The minimum atomic E-state index is -0.613. The molecule has 0 atom stereocenters. The van der Waals surface area contributed by atoms with Crippen LogP contribution < -0.4 is 11.5 Å². The van der Waals surface area contributed by atoms with Crippen LogP contribution in [-0.4, -0.2) is 25.8 Å². The molecule has 7 nitrogen and oxygen atoms in total. The highest BCUT2D eigenvalue weighted by Crippen LogP contribution is 2.29. The molecule has 0 unspecified atom stereocenters. The predicted octanol–water partition coefficient (Wildman–Crippen LogP) is 3.92. The number of nitrogens with two attached hydrogens (primary N) is 2. The zero-order valence-electron chi connectivity index (χ0n) is 18.6. The second-order valence-corrected chi connectivity index (χ2v) is 9.92. The molecule has 0 bridgehead atoms. The van der Waals surface area contributed by atoms with Crippen LogP contribution in [0.1, 0.15) is 67.2 Å². The van der Waals surface area contributed by atoms with Crippen molar-refractivity contribution in [1.29, 1.82) is 0 Å². The van der Waals surface area contributed by atoms with Gasteiger partial charge in [0.15, 0.2) is 0 Å². The lowest BCUT2D eigenvalue weighted by Gasteiger charge is -2.13. The van der Waals surface area contributed by atoms with Crippen LogP contribution in [0.3, 0.4) is 0 Å². The van der Waals surface area contributed by atoms with E-state index in [-0.39, 0.29) is 28.6 Å². The lowest BCUT2D eigenvalue weighted by Crippen LogP contribution is -2.15. The van der Waals surface area contributed by atoms with Gasteiger partial charge in [0, 0.05) is 34.7 Å². The average Bonchev–Trinajstić information content (AvgIpc) is 3.26. The minimum absolute atomic E-state index is 0.00529. The maximum Gasteiger partial charge on any atom is 0.254 e. The van der Waals surface area contributed by atoms with Crippen molar-refractivity contribution in [1.82, 2.24) is 14.2 Å². The van der Waals surface area contributed by atoms with E-state index in [0.717, 1.165) is 21.7 Å². The second kappa shape index (κ2) is 8.63. The Bertz CT molecular complexity index is 1100. The molecule has 2 aromatic heterocycles. The molecule has 0 aliphatic carbocycles. The van der Waals surface area contributed by atoms with Crippen molar-refractivity contribution in [2.75, 3.05) is 5.73 Å². The van der Waals surface area contributed by atoms with Crippen LogP contribution in [0, 0.1) is 0 Å². The molecule has 4 N–H and O–H groups in total. The Hall–Kier alpha value is -3.00. The number of carbonyl (C=O) groups is 2. The number of nitrogen functional groups attached to an aromatic ring is 1. The topological polar surface area (TPSA) is 117 Å². The van der Waals surface area contributed by atoms with E-state index >= 15 is 0 Å². The number of benzene rings is 1. The van der Waals surface area contributed by atoms with Gasteiger partial charge in [-0.1, -0.05) is 45.0 Å². The third kappa shape index (κ3) is 5.02. The van der Waals surface area contributed by atoms with Crippen molar-refractivity contribution in [3.63, 3.8) is 0 Å². The first-order chi connectivity index (χ1) is 14.5. The molecule has 1 amide bonds. The Morgan fingerprint density at radius 1 is 1.13 bits per heavy atom. The molecular weight excluding hydrogens is 410 g/mol. The van der Waals surface area contributed by atoms with Gasteiger partial charge in [-0.15, -0.1) is 0 Å². The summed E-state index contributed by atoms with van der Waals surface area (Å²) in [5.74, 6) is -0.225. The predicted molar refractivity (Wildman–Crippen MR) is 124 cm³/mol. The standard InChI is InChI=1S/C23H29N5O2S/c1-13(2)28-21(24)19(22(25)30)20(26-28)15-8-6-14(7-9-15)10-16(29)11-17-12-18(27-31-17)23(3,4)5/h6-9,12-13H,10-11,24H2,1-5H3,(H2,25,30). The van der Waals surface area contributed by atoms with Crippen LogP contribution in [0.5, 0.6) is 0 Å². The van der Waals surface area contributed by atoms with Crippen molar-refractivity contribution in [2.45, 2.75) is 58.9 Å². The highest BCUT2D eigenvalue weighted by molar-refractivity contribution is 7.05. The van der Waals surface area contributed by atoms with E-state index in [1.807, 2.05) is 44.2 Å². The largest absolute Gasteiger partial charge is 0.383 e. The number of Topliss-reactive ketones (excluding diaryl/α,β-unsaturated/α-hetero) is 1. The number of aromatic nitrogens is 3. The molecule has 0 fully saturated rings. The molecule has 0 aliphatic heterocycles. The van der Waals surface area contributed by atoms with Gasteiger partial charge in [0.25, 0.3) is 5.91 Å². The Labute approximate surface area is 186 Å². The molecule has 3 rings (SSSR count). The number of amides is 1. The minimum Gasteiger partial charge on any atom is -0.383 e. The summed E-state index contributed by atoms with van der Waals surface area (Å²) in [5.41, 5.74) is 14.9. The SMILES string of the molecule is CC(C)n1nc(-c2ccc(CC(=O)Cc3cc(C(C)(C)C)ns3)cc2)c(C(N)=O)c1N. The number of carbonyl (C=O) groups excluding carboxylic acids is 2. The molecule has 3 aromatic rings. The molecule has 0 saturated carbocycles. The molecule has 31 heavy (non-hydrogen) atoms. The molecule has 0 aliphatic rings. The van der Waals surface area contributed by atoms with E-state index in [4.69, 9.17) is 11.5 Å². The lowest BCUT2D eigenvalue weighted by atomic mass is 9.92. The quantitative estimate of drug-likeness (QED) is 0.579. The lowest BCUT2D eigenvalue weighted by molar-refractivity contribution is -0.117. The van der Waals surface area contributed by atoms with Crippen LogP contribution in [0.15, 0.2) is 30.3 Å². The van der Waals surface area contributed by atoms with Gasteiger partial charge in [-0.3, -0.25) is 9.59 Å². The summed E-state index contributed by atoms with van der Waals surface area (Å²) in [6, 6.07) is 9.44. The second-order valence-electron chi connectivity index (χ2n) is 9.03. The smallest absolute Gasteiger partial charge is 0.254 e. The number of nitrogens with zero attached hydrogens (tertiary/aromatic N) is 3. The van der Waals surface area contributed by atoms with Crippen LogP contribution in [0.25, 0.3) is 11.3 Å². The summed E-state index contributed by atoms with van der Waals surface area (Å²) in [6.45, 7) is 10.2. The zero-order valence-corrected chi connectivity index (χ0v) is 19.4. The van der Waals surface area contributed by atoms with Gasteiger partial charge in [0.05, 0.1) is 5.69 Å². The van der Waals surface area contributed by atoms with Crippen LogP contribution in [-0.2, 0) is 23.1 Å². The van der Waals surface area contributed by atoms with E-state index in [0.29, 0.717) is 18.5 Å². The summed E-state index contributed by atoms with van der Waals surface area (Å²) in [7, 11) is 0. The Kier molecular flexibility index (Phi) is 6.31. The summed E-state index contributed by atoms with van der Waals surface area (Å²) in [5, 5.41) is 4.49.